The lowest BCUT2D eigenvalue weighted by Crippen LogP contribution is -2.02. The summed E-state index contributed by atoms with van der Waals surface area (Å²) in [6, 6.07) is 6.82. The van der Waals surface area contributed by atoms with Gasteiger partial charge in [0.05, 0.1) is 0 Å². The van der Waals surface area contributed by atoms with E-state index in [4.69, 9.17) is 0 Å². The minimum Gasteiger partial charge on any atom is -0.315 e. The SMILES string of the molecule is CNCc1cc(-c2c(C)cc(C)cc2C)cs1. The van der Waals surface area contributed by atoms with Gasteiger partial charge in [-0.3, -0.25) is 0 Å². The summed E-state index contributed by atoms with van der Waals surface area (Å²) in [6.07, 6.45) is 0. The molecule has 0 aliphatic heterocycles. The molecule has 0 atom stereocenters. The Morgan fingerprint density at radius 2 is 1.71 bits per heavy atom. The first-order valence-electron chi connectivity index (χ1n) is 5.92. The Labute approximate surface area is 108 Å². The third-order valence-corrected chi connectivity index (χ3v) is 3.91. The highest BCUT2D eigenvalue weighted by atomic mass is 32.1. The summed E-state index contributed by atoms with van der Waals surface area (Å²) in [7, 11) is 1.99. The molecule has 2 aromatic rings. The molecular formula is C15H19NS. The first-order valence-corrected chi connectivity index (χ1v) is 6.80. The van der Waals surface area contributed by atoms with Gasteiger partial charge in [-0.15, -0.1) is 11.3 Å². The van der Waals surface area contributed by atoms with Crippen LogP contribution < -0.4 is 5.32 Å². The van der Waals surface area contributed by atoms with E-state index < -0.39 is 0 Å². The Morgan fingerprint density at radius 3 is 2.29 bits per heavy atom. The first-order chi connectivity index (χ1) is 8.11. The predicted molar refractivity (Wildman–Crippen MR) is 76.7 cm³/mol. The van der Waals surface area contributed by atoms with Crippen molar-refractivity contribution >= 4 is 11.3 Å². The van der Waals surface area contributed by atoms with Crippen LogP contribution in [-0.2, 0) is 6.54 Å². The molecule has 0 radical (unpaired) electrons. The lowest BCUT2D eigenvalue weighted by atomic mass is 9.95. The highest BCUT2D eigenvalue weighted by Crippen LogP contribution is 2.31. The lowest BCUT2D eigenvalue weighted by molar-refractivity contribution is 0.831. The van der Waals surface area contributed by atoms with Gasteiger partial charge in [0.1, 0.15) is 0 Å². The second-order valence-corrected chi connectivity index (χ2v) is 5.60. The second kappa shape index (κ2) is 5.03. The third kappa shape index (κ3) is 2.59. The zero-order valence-corrected chi connectivity index (χ0v) is 11.7. The number of rotatable bonds is 3. The quantitative estimate of drug-likeness (QED) is 0.860. The number of hydrogen-bond acceptors (Lipinski definition) is 2. The summed E-state index contributed by atoms with van der Waals surface area (Å²) in [5, 5.41) is 5.46. The molecule has 0 amide bonds. The minimum absolute atomic E-state index is 0.953. The molecule has 17 heavy (non-hydrogen) atoms. The standard InChI is InChI=1S/C15H19NS/c1-10-5-11(2)15(12(3)6-10)13-7-14(8-16-4)17-9-13/h5-7,9,16H,8H2,1-4H3. The van der Waals surface area contributed by atoms with E-state index in [0.29, 0.717) is 0 Å². The second-order valence-electron chi connectivity index (χ2n) is 4.61. The van der Waals surface area contributed by atoms with Crippen LogP contribution in [0.2, 0.25) is 0 Å². The van der Waals surface area contributed by atoms with E-state index in [-0.39, 0.29) is 0 Å². The molecule has 0 fully saturated rings. The lowest BCUT2D eigenvalue weighted by Gasteiger charge is -2.09. The number of aryl methyl sites for hydroxylation is 3. The Balaban J connectivity index is 2.45. The molecule has 0 aliphatic rings. The average Bonchev–Trinajstić information content (AvgIpc) is 2.65. The fraction of sp³-hybridized carbons (Fsp3) is 0.333. The highest BCUT2D eigenvalue weighted by Gasteiger charge is 2.08. The minimum atomic E-state index is 0.953. The van der Waals surface area contributed by atoms with E-state index >= 15 is 0 Å². The van der Waals surface area contributed by atoms with Gasteiger partial charge >= 0.3 is 0 Å². The zero-order chi connectivity index (χ0) is 12.4. The molecule has 1 aromatic carbocycles. The van der Waals surface area contributed by atoms with Gasteiger partial charge < -0.3 is 5.32 Å². The highest BCUT2D eigenvalue weighted by molar-refractivity contribution is 7.10. The maximum Gasteiger partial charge on any atom is 0.0296 e. The predicted octanol–water partition coefficient (Wildman–Crippen LogP) is 4.06. The van der Waals surface area contributed by atoms with Gasteiger partial charge in [0.25, 0.3) is 0 Å². The smallest absolute Gasteiger partial charge is 0.0296 e. The molecule has 0 aliphatic carbocycles. The summed E-state index contributed by atoms with van der Waals surface area (Å²) in [5.41, 5.74) is 6.84. The van der Waals surface area contributed by atoms with Gasteiger partial charge in [-0.05, 0) is 61.5 Å². The summed E-state index contributed by atoms with van der Waals surface area (Å²) in [6.45, 7) is 7.51. The van der Waals surface area contributed by atoms with E-state index in [9.17, 15) is 0 Å². The van der Waals surface area contributed by atoms with Crippen LogP contribution in [0.5, 0.6) is 0 Å². The van der Waals surface area contributed by atoms with Gasteiger partial charge in [0.15, 0.2) is 0 Å². The molecule has 0 saturated heterocycles. The topological polar surface area (TPSA) is 12.0 Å². The summed E-state index contributed by atoms with van der Waals surface area (Å²) in [5.74, 6) is 0. The molecule has 2 rings (SSSR count). The molecule has 90 valence electrons. The number of thiophene rings is 1. The van der Waals surface area contributed by atoms with E-state index in [1.807, 2.05) is 18.4 Å². The van der Waals surface area contributed by atoms with Crippen LogP contribution in [0, 0.1) is 20.8 Å². The molecule has 1 heterocycles. The molecule has 1 nitrogen and oxygen atoms in total. The molecule has 0 spiro atoms. The van der Waals surface area contributed by atoms with Crippen LogP contribution in [0.25, 0.3) is 11.1 Å². The maximum absolute atomic E-state index is 3.20. The van der Waals surface area contributed by atoms with Crippen molar-refractivity contribution in [2.75, 3.05) is 7.05 Å². The van der Waals surface area contributed by atoms with Crippen molar-refractivity contribution in [2.45, 2.75) is 27.3 Å². The molecule has 1 N–H and O–H groups in total. The van der Waals surface area contributed by atoms with Crippen LogP contribution >= 0.6 is 11.3 Å². The monoisotopic (exact) mass is 245 g/mol. The van der Waals surface area contributed by atoms with Crippen LogP contribution in [0.1, 0.15) is 21.6 Å². The summed E-state index contributed by atoms with van der Waals surface area (Å²) >= 11 is 1.83. The maximum atomic E-state index is 3.20. The van der Waals surface area contributed by atoms with Crippen molar-refractivity contribution in [3.63, 3.8) is 0 Å². The Morgan fingerprint density at radius 1 is 1.06 bits per heavy atom. The molecule has 1 aromatic heterocycles. The van der Waals surface area contributed by atoms with Crippen LogP contribution in [-0.4, -0.2) is 7.05 Å². The van der Waals surface area contributed by atoms with Crippen LogP contribution in [0.15, 0.2) is 23.6 Å². The molecule has 0 bridgehead atoms. The zero-order valence-electron chi connectivity index (χ0n) is 10.9. The molecular weight excluding hydrogens is 226 g/mol. The Hall–Kier alpha value is -1.12. The van der Waals surface area contributed by atoms with E-state index in [2.05, 4.69) is 49.7 Å². The first kappa shape index (κ1) is 12.3. The van der Waals surface area contributed by atoms with Gasteiger partial charge in [0, 0.05) is 11.4 Å². The molecule has 0 saturated carbocycles. The Bertz CT molecular complexity index is 502. The van der Waals surface area contributed by atoms with E-state index in [0.717, 1.165) is 6.54 Å². The third-order valence-electron chi connectivity index (χ3n) is 2.97. The van der Waals surface area contributed by atoms with Gasteiger partial charge in [-0.2, -0.15) is 0 Å². The van der Waals surface area contributed by atoms with Crippen LogP contribution in [0.4, 0.5) is 0 Å². The van der Waals surface area contributed by atoms with Gasteiger partial charge in [-0.1, -0.05) is 17.7 Å². The van der Waals surface area contributed by atoms with Crippen molar-refractivity contribution in [1.82, 2.24) is 5.32 Å². The normalized spacial score (nSPS) is 10.8. The van der Waals surface area contributed by atoms with E-state index in [1.54, 1.807) is 0 Å². The van der Waals surface area contributed by atoms with Crippen molar-refractivity contribution < 1.29 is 0 Å². The number of nitrogens with one attached hydrogen (secondary N) is 1. The number of benzene rings is 1. The fourth-order valence-electron chi connectivity index (χ4n) is 2.41. The summed E-state index contributed by atoms with van der Waals surface area (Å²) < 4.78 is 0. The van der Waals surface area contributed by atoms with Crippen molar-refractivity contribution in [3.8, 4) is 11.1 Å². The average molecular weight is 245 g/mol. The molecule has 2 heteroatoms. The Kier molecular flexibility index (Phi) is 3.65. The van der Waals surface area contributed by atoms with E-state index in [1.165, 1.54) is 32.7 Å². The summed E-state index contributed by atoms with van der Waals surface area (Å²) in [4.78, 5) is 1.39. The fourth-order valence-corrected chi connectivity index (χ4v) is 3.30. The molecule has 0 unspecified atom stereocenters. The van der Waals surface area contributed by atoms with Crippen LogP contribution in [0.3, 0.4) is 0 Å². The van der Waals surface area contributed by atoms with Gasteiger partial charge in [0.2, 0.25) is 0 Å². The van der Waals surface area contributed by atoms with Crippen molar-refractivity contribution in [2.24, 2.45) is 0 Å². The number of hydrogen-bond donors (Lipinski definition) is 1. The van der Waals surface area contributed by atoms with Crippen molar-refractivity contribution in [1.29, 1.82) is 0 Å². The van der Waals surface area contributed by atoms with Crippen molar-refractivity contribution in [3.05, 3.63) is 45.1 Å². The largest absolute Gasteiger partial charge is 0.315 e. The van der Waals surface area contributed by atoms with Gasteiger partial charge in [-0.25, -0.2) is 0 Å².